The topological polar surface area (TPSA) is 12.9 Å². The van der Waals surface area contributed by atoms with E-state index in [2.05, 4.69) is 24.0 Å². The summed E-state index contributed by atoms with van der Waals surface area (Å²) in [6.45, 7) is 2.06. The van der Waals surface area contributed by atoms with Gasteiger partial charge in [-0.15, -0.1) is 35.9 Å². The third-order valence-corrected chi connectivity index (χ3v) is 1.97. The second-order valence-electron chi connectivity index (χ2n) is 2.95. The summed E-state index contributed by atoms with van der Waals surface area (Å²) < 4.78 is 0. The van der Waals surface area contributed by atoms with Gasteiger partial charge in [-0.1, -0.05) is 11.6 Å². The predicted molar refractivity (Wildman–Crippen MR) is 53.2 cm³/mol. The van der Waals surface area contributed by atoms with Crippen molar-refractivity contribution in [2.75, 3.05) is 0 Å². The predicted octanol–water partition coefficient (Wildman–Crippen LogP) is 2.85. The molecule has 1 nitrogen and oxygen atoms in total. The summed E-state index contributed by atoms with van der Waals surface area (Å²) in [5.41, 5.74) is 3.26. The average Bonchev–Trinajstić information content (AvgIpc) is 2.20. The van der Waals surface area contributed by atoms with Crippen LogP contribution in [-0.2, 0) is 20.1 Å². The molecule has 0 aliphatic carbocycles. The van der Waals surface area contributed by atoms with Crippen molar-refractivity contribution < 1.29 is 20.1 Å². The summed E-state index contributed by atoms with van der Waals surface area (Å²) in [4.78, 5) is 4.32. The molecule has 2 aromatic rings. The number of hydrogen-bond acceptors (Lipinski definition) is 1. The second-order valence-corrected chi connectivity index (χ2v) is 2.95. The fraction of sp³-hybridized carbons (Fsp3) is 0.0833. The number of benzene rings is 1. The van der Waals surface area contributed by atoms with E-state index in [1.165, 1.54) is 5.56 Å². The van der Waals surface area contributed by atoms with Crippen LogP contribution in [0.5, 0.6) is 0 Å². The van der Waals surface area contributed by atoms with Gasteiger partial charge in [0, 0.05) is 26.3 Å². The van der Waals surface area contributed by atoms with Crippen molar-refractivity contribution in [3.05, 3.63) is 54.2 Å². The zero-order chi connectivity index (χ0) is 9.10. The Morgan fingerprint density at radius 1 is 1.14 bits per heavy atom. The maximum atomic E-state index is 4.32. The number of aryl methyl sites for hydroxylation is 1. The number of hydrogen-bond donors (Lipinski definition) is 0. The van der Waals surface area contributed by atoms with Gasteiger partial charge in [0.25, 0.3) is 0 Å². The van der Waals surface area contributed by atoms with Crippen LogP contribution in [0.3, 0.4) is 0 Å². The normalized spacial score (nSPS) is 9.21. The van der Waals surface area contributed by atoms with Crippen molar-refractivity contribution in [3.63, 3.8) is 0 Å². The van der Waals surface area contributed by atoms with E-state index >= 15 is 0 Å². The molecule has 1 heterocycles. The summed E-state index contributed by atoms with van der Waals surface area (Å²) in [5.74, 6) is 0. The molecule has 1 aromatic carbocycles. The minimum Gasteiger partial charge on any atom is -0.304 e. The molecule has 14 heavy (non-hydrogen) atoms. The summed E-state index contributed by atoms with van der Waals surface area (Å²) in [6.07, 6.45) is 1.81. The molecule has 0 fully saturated rings. The van der Waals surface area contributed by atoms with E-state index in [1.54, 1.807) is 0 Å². The van der Waals surface area contributed by atoms with E-state index in [9.17, 15) is 0 Å². The maximum Gasteiger partial charge on any atom is 0.0160 e. The Hall–Kier alpha value is -0.981. The maximum absolute atomic E-state index is 4.32. The van der Waals surface area contributed by atoms with Crippen molar-refractivity contribution in [3.8, 4) is 11.3 Å². The number of aromatic nitrogens is 1. The Balaban J connectivity index is 0.000000980. The van der Waals surface area contributed by atoms with E-state index in [4.69, 9.17) is 0 Å². The zero-order valence-electron chi connectivity index (χ0n) is 7.82. The molecular weight excluding hydrogens is 350 g/mol. The van der Waals surface area contributed by atoms with Crippen molar-refractivity contribution >= 4 is 0 Å². The molecule has 0 unspecified atom stereocenters. The number of pyridine rings is 1. The van der Waals surface area contributed by atoms with Crippen LogP contribution in [-0.4, -0.2) is 4.98 Å². The van der Waals surface area contributed by atoms with Crippen LogP contribution >= 0.6 is 0 Å². The summed E-state index contributed by atoms with van der Waals surface area (Å²) >= 11 is 0. The minimum atomic E-state index is 0. The van der Waals surface area contributed by atoms with Crippen LogP contribution in [0.4, 0.5) is 0 Å². The Morgan fingerprint density at radius 2 is 2.00 bits per heavy atom. The monoisotopic (exact) mass is 361 g/mol. The van der Waals surface area contributed by atoms with Gasteiger partial charge in [-0.05, 0) is 18.7 Å². The van der Waals surface area contributed by atoms with Gasteiger partial charge in [-0.2, -0.15) is 0 Å². The molecule has 0 spiro atoms. The molecule has 0 amide bonds. The molecule has 0 saturated heterocycles. The smallest absolute Gasteiger partial charge is 0.0160 e. The fourth-order valence-electron chi connectivity index (χ4n) is 1.31. The summed E-state index contributed by atoms with van der Waals surface area (Å²) in [6, 6.07) is 15.1. The van der Waals surface area contributed by atoms with Crippen molar-refractivity contribution in [1.29, 1.82) is 0 Å². The minimum absolute atomic E-state index is 0. The van der Waals surface area contributed by atoms with Crippen LogP contribution in [0, 0.1) is 13.0 Å². The van der Waals surface area contributed by atoms with Gasteiger partial charge in [0.05, 0.1) is 0 Å². The molecule has 1 aromatic heterocycles. The molecule has 0 saturated carbocycles. The first-order valence-electron chi connectivity index (χ1n) is 4.26. The van der Waals surface area contributed by atoms with Crippen molar-refractivity contribution in [2.45, 2.75) is 6.92 Å². The van der Waals surface area contributed by atoms with Crippen molar-refractivity contribution in [1.82, 2.24) is 4.98 Å². The van der Waals surface area contributed by atoms with E-state index in [0.717, 1.165) is 11.3 Å². The van der Waals surface area contributed by atoms with Crippen LogP contribution in [0.25, 0.3) is 11.3 Å². The van der Waals surface area contributed by atoms with Gasteiger partial charge in [-0.3, -0.25) is 0 Å². The van der Waals surface area contributed by atoms with Crippen LogP contribution in [0.1, 0.15) is 5.56 Å². The van der Waals surface area contributed by atoms with E-state index in [1.807, 2.05) is 36.5 Å². The molecule has 73 valence electrons. The molecule has 1 radical (unpaired) electrons. The van der Waals surface area contributed by atoms with Gasteiger partial charge in [0.2, 0.25) is 0 Å². The summed E-state index contributed by atoms with van der Waals surface area (Å²) in [5, 5.41) is 0. The first kappa shape index (κ1) is 11.1. The van der Waals surface area contributed by atoms with Gasteiger partial charge in [-0.25, -0.2) is 0 Å². The molecule has 2 heteroatoms. The molecule has 0 aliphatic heterocycles. The molecule has 0 atom stereocenters. The van der Waals surface area contributed by atoms with Crippen molar-refractivity contribution in [2.24, 2.45) is 0 Å². The van der Waals surface area contributed by atoms with Gasteiger partial charge < -0.3 is 4.98 Å². The molecule has 2 rings (SSSR count). The third-order valence-electron chi connectivity index (χ3n) is 1.97. The van der Waals surface area contributed by atoms with E-state index < -0.39 is 0 Å². The fourth-order valence-corrected chi connectivity index (χ4v) is 1.31. The molecule has 0 aliphatic rings. The SMILES string of the molecule is Cc1cccnc1-c1[c-]cccc1.[Ir]. The summed E-state index contributed by atoms with van der Waals surface area (Å²) in [7, 11) is 0. The standard InChI is InChI=1S/C12H10N.Ir/c1-10-6-5-9-13-12(10)11-7-3-2-4-8-11;/h2-7,9H,1H3;/q-1;. The molecule has 0 N–H and O–H groups in total. The van der Waals surface area contributed by atoms with Gasteiger partial charge in [0.1, 0.15) is 0 Å². The number of rotatable bonds is 1. The average molecular weight is 360 g/mol. The van der Waals surface area contributed by atoms with Crippen LogP contribution in [0.2, 0.25) is 0 Å². The van der Waals surface area contributed by atoms with Crippen LogP contribution < -0.4 is 0 Å². The Kier molecular flexibility index (Phi) is 3.99. The third kappa shape index (κ3) is 2.28. The Labute approximate surface area is 97.6 Å². The number of nitrogens with zero attached hydrogens (tertiary/aromatic N) is 1. The Morgan fingerprint density at radius 3 is 2.64 bits per heavy atom. The second kappa shape index (κ2) is 5.04. The van der Waals surface area contributed by atoms with Gasteiger partial charge in [0.15, 0.2) is 0 Å². The zero-order valence-corrected chi connectivity index (χ0v) is 10.2. The largest absolute Gasteiger partial charge is 0.304 e. The van der Waals surface area contributed by atoms with E-state index in [0.29, 0.717) is 0 Å². The Bertz CT molecular complexity index is 398. The van der Waals surface area contributed by atoms with Gasteiger partial charge >= 0.3 is 0 Å². The van der Waals surface area contributed by atoms with E-state index in [-0.39, 0.29) is 20.1 Å². The first-order chi connectivity index (χ1) is 6.38. The molecular formula is C12H10IrN-. The quantitative estimate of drug-likeness (QED) is 0.713. The molecule has 0 bridgehead atoms. The first-order valence-corrected chi connectivity index (χ1v) is 4.26. The van der Waals surface area contributed by atoms with Crippen LogP contribution in [0.15, 0.2) is 42.6 Å².